The van der Waals surface area contributed by atoms with Crippen molar-refractivity contribution in [2.75, 3.05) is 10.7 Å². The first-order valence-corrected chi connectivity index (χ1v) is 6.76. The Bertz CT molecular complexity index is 262. The van der Waals surface area contributed by atoms with Crippen molar-refractivity contribution >= 4 is 55.1 Å². The highest BCUT2D eigenvalue weighted by molar-refractivity contribution is 9.09. The van der Waals surface area contributed by atoms with Crippen LogP contribution in [0.2, 0.25) is 10.3 Å². The number of aryl methyl sites for hydroxylation is 2. The molecule has 2 nitrogen and oxygen atoms in total. The molecule has 0 aliphatic heterocycles. The van der Waals surface area contributed by atoms with Crippen molar-refractivity contribution in [2.24, 2.45) is 0 Å². The third-order valence-corrected chi connectivity index (χ3v) is 3.20. The van der Waals surface area contributed by atoms with E-state index >= 15 is 0 Å². The highest BCUT2D eigenvalue weighted by Gasteiger charge is 2.18. The van der Waals surface area contributed by atoms with Crippen molar-refractivity contribution in [1.29, 1.82) is 0 Å². The van der Waals surface area contributed by atoms with Gasteiger partial charge in [-0.05, 0) is 23.2 Å². The van der Waals surface area contributed by atoms with Gasteiger partial charge in [-0.25, -0.2) is 9.13 Å². The molecule has 0 amide bonds. The van der Waals surface area contributed by atoms with Crippen molar-refractivity contribution in [3.63, 3.8) is 0 Å². The maximum atomic E-state index is 6.00. The number of hydrogen-bond acceptors (Lipinski definition) is 0. The van der Waals surface area contributed by atoms with Crippen LogP contribution in [0.1, 0.15) is 0 Å². The van der Waals surface area contributed by atoms with E-state index in [4.69, 9.17) is 23.2 Å². The fraction of sp³-hybridized carbons (Fsp3) is 0.571. The van der Waals surface area contributed by atoms with E-state index in [-0.39, 0.29) is 0 Å². The van der Waals surface area contributed by atoms with Gasteiger partial charge >= 0.3 is 0 Å². The first-order valence-electron chi connectivity index (χ1n) is 3.76. The summed E-state index contributed by atoms with van der Waals surface area (Å²) >= 11 is 18.7. The lowest BCUT2D eigenvalue weighted by Crippen LogP contribution is -2.33. The lowest BCUT2D eigenvalue weighted by molar-refractivity contribution is -0.689. The molecule has 0 spiro atoms. The third kappa shape index (κ3) is 2.85. The van der Waals surface area contributed by atoms with Crippen LogP contribution >= 0.6 is 55.1 Å². The molecule has 1 aromatic rings. The molecular formula is C7H9Br2Cl2N2+. The first kappa shape index (κ1) is 11.8. The van der Waals surface area contributed by atoms with Crippen molar-refractivity contribution < 1.29 is 4.57 Å². The van der Waals surface area contributed by atoms with Gasteiger partial charge in [0.1, 0.15) is 13.1 Å². The van der Waals surface area contributed by atoms with Gasteiger partial charge in [-0.2, -0.15) is 0 Å². The fourth-order valence-electron chi connectivity index (χ4n) is 1.00. The maximum Gasteiger partial charge on any atom is 0.255 e. The second kappa shape index (κ2) is 5.59. The zero-order valence-electron chi connectivity index (χ0n) is 6.81. The molecule has 0 bridgehead atoms. The zero-order chi connectivity index (χ0) is 9.84. The summed E-state index contributed by atoms with van der Waals surface area (Å²) in [6.45, 7) is 1.65. The van der Waals surface area contributed by atoms with E-state index in [1.165, 1.54) is 0 Å². The van der Waals surface area contributed by atoms with Crippen molar-refractivity contribution in [3.8, 4) is 0 Å². The normalized spacial score (nSPS) is 10.8. The number of halogens is 4. The Morgan fingerprint density at radius 1 is 1.31 bits per heavy atom. The van der Waals surface area contributed by atoms with Crippen LogP contribution in [0, 0.1) is 0 Å². The number of nitrogens with zero attached hydrogens (tertiary/aromatic N) is 2. The minimum absolute atomic E-state index is 0.599. The zero-order valence-corrected chi connectivity index (χ0v) is 11.5. The highest BCUT2D eigenvalue weighted by Crippen LogP contribution is 2.18. The molecule has 0 aliphatic rings. The van der Waals surface area contributed by atoms with Crippen molar-refractivity contribution in [2.45, 2.75) is 13.1 Å². The van der Waals surface area contributed by atoms with E-state index in [1.807, 2.05) is 15.5 Å². The summed E-state index contributed by atoms with van der Waals surface area (Å²) < 4.78 is 3.84. The van der Waals surface area contributed by atoms with E-state index in [0.29, 0.717) is 10.3 Å². The number of alkyl halides is 2. The van der Waals surface area contributed by atoms with E-state index in [1.54, 1.807) is 0 Å². The molecule has 0 radical (unpaired) electrons. The topological polar surface area (TPSA) is 8.81 Å². The molecule has 1 heterocycles. The van der Waals surface area contributed by atoms with Crippen LogP contribution in [0.15, 0.2) is 6.33 Å². The summed E-state index contributed by atoms with van der Waals surface area (Å²) in [6, 6.07) is 0. The van der Waals surface area contributed by atoms with Crippen LogP contribution in [0.3, 0.4) is 0 Å². The van der Waals surface area contributed by atoms with Gasteiger partial charge in [0.25, 0.3) is 10.3 Å². The maximum absolute atomic E-state index is 6.00. The minimum atomic E-state index is 0.599. The average molecular weight is 352 g/mol. The Morgan fingerprint density at radius 2 is 2.00 bits per heavy atom. The Kier molecular flexibility index (Phi) is 5.08. The summed E-state index contributed by atoms with van der Waals surface area (Å²) in [7, 11) is 0. The van der Waals surface area contributed by atoms with Crippen LogP contribution < -0.4 is 4.57 Å². The molecule has 0 N–H and O–H groups in total. The minimum Gasteiger partial charge on any atom is -0.218 e. The fourth-order valence-corrected chi connectivity index (χ4v) is 2.24. The molecule has 0 saturated heterocycles. The molecular weight excluding hydrogens is 343 g/mol. The van der Waals surface area contributed by atoms with Crippen LogP contribution in [-0.4, -0.2) is 15.2 Å². The summed E-state index contributed by atoms with van der Waals surface area (Å²) in [5.74, 6) is 0. The predicted molar refractivity (Wildman–Crippen MR) is 62.2 cm³/mol. The molecule has 74 valence electrons. The smallest absolute Gasteiger partial charge is 0.218 e. The van der Waals surface area contributed by atoms with E-state index in [9.17, 15) is 0 Å². The number of aromatic nitrogens is 2. The van der Waals surface area contributed by atoms with Gasteiger partial charge in [-0.15, -0.1) is 0 Å². The number of rotatable bonds is 4. The Hall–Kier alpha value is 0.750. The van der Waals surface area contributed by atoms with Gasteiger partial charge in [0.05, 0.1) is 0 Å². The Morgan fingerprint density at radius 3 is 2.54 bits per heavy atom. The molecule has 0 saturated carbocycles. The summed E-state index contributed by atoms with van der Waals surface area (Å²) in [5.41, 5.74) is 0. The highest BCUT2D eigenvalue weighted by atomic mass is 79.9. The SMILES string of the molecule is Clc1c(Cl)[n+](CCBr)cn1CCBr. The van der Waals surface area contributed by atoms with E-state index in [2.05, 4.69) is 31.9 Å². The monoisotopic (exact) mass is 349 g/mol. The van der Waals surface area contributed by atoms with Gasteiger partial charge in [0.2, 0.25) is 6.33 Å². The van der Waals surface area contributed by atoms with Crippen LogP contribution in [0.5, 0.6) is 0 Å². The van der Waals surface area contributed by atoms with Gasteiger partial charge in [-0.3, -0.25) is 0 Å². The van der Waals surface area contributed by atoms with Crippen LogP contribution in [-0.2, 0) is 13.1 Å². The van der Waals surface area contributed by atoms with Crippen LogP contribution in [0.4, 0.5) is 0 Å². The van der Waals surface area contributed by atoms with Crippen LogP contribution in [0.25, 0.3) is 0 Å². The van der Waals surface area contributed by atoms with Crippen molar-refractivity contribution in [3.05, 3.63) is 16.6 Å². The molecule has 0 atom stereocenters. The molecule has 1 rings (SSSR count). The van der Waals surface area contributed by atoms with Gasteiger partial charge in [0, 0.05) is 10.7 Å². The summed E-state index contributed by atoms with van der Waals surface area (Å²) in [5, 5.41) is 2.93. The molecule has 13 heavy (non-hydrogen) atoms. The summed E-state index contributed by atoms with van der Waals surface area (Å²) in [6.07, 6.45) is 1.92. The Labute approximate surface area is 104 Å². The Balaban J connectivity index is 2.90. The van der Waals surface area contributed by atoms with Crippen molar-refractivity contribution in [1.82, 2.24) is 4.57 Å². The second-order valence-electron chi connectivity index (χ2n) is 2.46. The van der Waals surface area contributed by atoms with Gasteiger partial charge in [-0.1, -0.05) is 31.9 Å². The third-order valence-electron chi connectivity index (χ3n) is 1.60. The second-order valence-corrected chi connectivity index (χ2v) is 4.76. The first-order chi connectivity index (χ1) is 6.20. The summed E-state index contributed by atoms with van der Waals surface area (Å²) in [4.78, 5) is 0. The molecule has 0 aliphatic carbocycles. The average Bonchev–Trinajstić information content (AvgIpc) is 2.36. The molecule has 0 unspecified atom stereocenters. The molecule has 1 aromatic heterocycles. The number of hydrogen-bond donors (Lipinski definition) is 0. The molecule has 0 aromatic carbocycles. The van der Waals surface area contributed by atoms with Gasteiger partial charge in [0.15, 0.2) is 0 Å². The molecule has 0 fully saturated rings. The molecule has 6 heteroatoms. The number of imidazole rings is 1. The quantitative estimate of drug-likeness (QED) is 0.582. The lowest BCUT2D eigenvalue weighted by atomic mass is 10.7. The van der Waals surface area contributed by atoms with E-state index in [0.717, 1.165) is 23.7 Å². The van der Waals surface area contributed by atoms with Gasteiger partial charge < -0.3 is 0 Å². The standard InChI is InChI=1S/C7H9Br2Cl2N2/c8-1-3-12-5-13(4-2-9)7(11)6(12)10/h5H,1-4H2/q+1. The van der Waals surface area contributed by atoms with E-state index < -0.39 is 0 Å². The lowest BCUT2D eigenvalue weighted by Gasteiger charge is -1.90. The largest absolute Gasteiger partial charge is 0.255 e. The predicted octanol–water partition coefficient (Wildman–Crippen LogP) is 2.87.